The van der Waals surface area contributed by atoms with E-state index in [1.165, 1.54) is 0 Å². The van der Waals surface area contributed by atoms with Crippen LogP contribution in [-0.2, 0) is 15.8 Å². The predicted molar refractivity (Wildman–Crippen MR) is 96.8 cm³/mol. The summed E-state index contributed by atoms with van der Waals surface area (Å²) in [6.07, 6.45) is 2.50. The van der Waals surface area contributed by atoms with Crippen LogP contribution >= 0.6 is 0 Å². The van der Waals surface area contributed by atoms with Gasteiger partial charge in [-0.2, -0.15) is 4.31 Å². The second-order valence-corrected chi connectivity index (χ2v) is 8.91. The molecule has 7 heteroatoms. The van der Waals surface area contributed by atoms with Gasteiger partial charge in [-0.05, 0) is 25.8 Å². The molecule has 2 aromatic rings. The van der Waals surface area contributed by atoms with E-state index in [0.717, 1.165) is 29.1 Å². The average molecular weight is 358 g/mol. The van der Waals surface area contributed by atoms with Crippen LogP contribution in [-0.4, -0.2) is 47.9 Å². The molecule has 0 radical (unpaired) electrons. The highest BCUT2D eigenvalue weighted by molar-refractivity contribution is 7.88. The summed E-state index contributed by atoms with van der Waals surface area (Å²) in [4.78, 5) is 10.6. The summed E-state index contributed by atoms with van der Waals surface area (Å²) in [5, 5.41) is 0. The van der Waals surface area contributed by atoms with E-state index in [1.54, 1.807) is 10.6 Å². The molecule has 0 saturated carbocycles. The van der Waals surface area contributed by atoms with Gasteiger partial charge >= 0.3 is 0 Å². The van der Waals surface area contributed by atoms with Crippen LogP contribution in [0.15, 0.2) is 36.7 Å². The molecule has 3 aliphatic rings. The van der Waals surface area contributed by atoms with E-state index < -0.39 is 10.0 Å². The van der Waals surface area contributed by atoms with E-state index in [1.807, 2.05) is 44.2 Å². The number of piperidine rings is 1. The fourth-order valence-corrected chi connectivity index (χ4v) is 5.78. The lowest BCUT2D eigenvalue weighted by atomic mass is 9.91. The van der Waals surface area contributed by atoms with Crippen LogP contribution in [0.3, 0.4) is 0 Å². The second kappa shape index (κ2) is 6.07. The minimum atomic E-state index is -3.29. The van der Waals surface area contributed by atoms with Crippen molar-refractivity contribution in [2.45, 2.75) is 38.1 Å². The van der Waals surface area contributed by atoms with Gasteiger partial charge in [0.1, 0.15) is 12.1 Å². The summed E-state index contributed by atoms with van der Waals surface area (Å²) in [5.74, 6) is 0.963. The minimum Gasteiger partial charge on any atom is -0.353 e. The number of nitrogens with zero attached hydrogens (tertiary/aromatic N) is 4. The SMILES string of the molecule is Cc1ccc(CS(=O)(=O)N2C3CC2CN(c2cc(C)ncn2)C3)cc1. The number of hydrogen-bond donors (Lipinski definition) is 0. The lowest BCUT2D eigenvalue weighted by Crippen LogP contribution is -2.70. The summed E-state index contributed by atoms with van der Waals surface area (Å²) in [6, 6.07) is 9.77. The molecule has 132 valence electrons. The van der Waals surface area contributed by atoms with Crippen LogP contribution in [0.2, 0.25) is 0 Å². The lowest BCUT2D eigenvalue weighted by molar-refractivity contribution is 0.0872. The number of aryl methyl sites for hydroxylation is 2. The zero-order valence-corrected chi connectivity index (χ0v) is 15.3. The van der Waals surface area contributed by atoms with Crippen molar-refractivity contribution in [3.8, 4) is 0 Å². The molecule has 6 nitrogen and oxygen atoms in total. The standard InChI is InChI=1S/C18H22N4O2S/c1-13-3-5-15(6-4-13)11-25(23,24)22-16-8-17(22)10-21(9-16)18-7-14(2)19-12-20-18/h3-7,12,16-17H,8-11H2,1-2H3. The number of rotatable bonds is 4. The molecule has 3 saturated heterocycles. The zero-order valence-electron chi connectivity index (χ0n) is 14.5. The van der Waals surface area contributed by atoms with E-state index in [0.29, 0.717) is 13.1 Å². The van der Waals surface area contributed by atoms with Crippen molar-refractivity contribution in [1.82, 2.24) is 14.3 Å². The van der Waals surface area contributed by atoms with Crippen molar-refractivity contribution in [3.05, 3.63) is 53.5 Å². The van der Waals surface area contributed by atoms with Gasteiger partial charge in [-0.25, -0.2) is 18.4 Å². The van der Waals surface area contributed by atoms with Crippen LogP contribution in [0.25, 0.3) is 0 Å². The molecule has 3 aliphatic heterocycles. The Balaban J connectivity index is 1.48. The van der Waals surface area contributed by atoms with Gasteiger partial charge in [0.2, 0.25) is 10.0 Å². The van der Waals surface area contributed by atoms with E-state index in [-0.39, 0.29) is 17.8 Å². The summed E-state index contributed by atoms with van der Waals surface area (Å²) in [7, 11) is -3.29. The van der Waals surface area contributed by atoms with Crippen molar-refractivity contribution < 1.29 is 8.42 Å². The number of hydrogen-bond acceptors (Lipinski definition) is 5. The Labute approximate surface area is 148 Å². The molecule has 1 aromatic heterocycles. The van der Waals surface area contributed by atoms with Gasteiger partial charge in [0.15, 0.2) is 0 Å². The summed E-state index contributed by atoms with van der Waals surface area (Å²) < 4.78 is 27.4. The number of sulfonamides is 1. The van der Waals surface area contributed by atoms with Crippen LogP contribution in [0.5, 0.6) is 0 Å². The highest BCUT2D eigenvalue weighted by Gasteiger charge is 2.50. The third kappa shape index (κ3) is 3.14. The maximum Gasteiger partial charge on any atom is 0.218 e. The van der Waals surface area contributed by atoms with Crippen molar-refractivity contribution >= 4 is 15.8 Å². The maximum atomic E-state index is 12.9. The number of anilines is 1. The molecule has 2 atom stereocenters. The number of piperazine rings is 1. The Morgan fingerprint density at radius 3 is 2.40 bits per heavy atom. The van der Waals surface area contributed by atoms with Crippen LogP contribution in [0, 0.1) is 13.8 Å². The fourth-order valence-electron chi connectivity index (χ4n) is 3.80. The predicted octanol–water partition coefficient (Wildman–Crippen LogP) is 1.89. The normalized spacial score (nSPS) is 23.4. The van der Waals surface area contributed by atoms with Gasteiger partial charge in [0, 0.05) is 36.9 Å². The zero-order chi connectivity index (χ0) is 17.6. The highest BCUT2D eigenvalue weighted by atomic mass is 32.2. The van der Waals surface area contributed by atoms with E-state index >= 15 is 0 Å². The molecule has 1 aromatic carbocycles. The first-order valence-corrected chi connectivity index (χ1v) is 10.1. The third-order valence-electron chi connectivity index (χ3n) is 5.03. The summed E-state index contributed by atoms with van der Waals surface area (Å²) >= 11 is 0. The van der Waals surface area contributed by atoms with Gasteiger partial charge in [0.05, 0.1) is 5.75 Å². The largest absolute Gasteiger partial charge is 0.353 e. The molecule has 25 heavy (non-hydrogen) atoms. The molecule has 5 rings (SSSR count). The Morgan fingerprint density at radius 2 is 1.76 bits per heavy atom. The summed E-state index contributed by atoms with van der Waals surface area (Å²) in [6.45, 7) is 5.33. The van der Waals surface area contributed by atoms with Crippen LogP contribution < -0.4 is 4.90 Å². The van der Waals surface area contributed by atoms with Crippen LogP contribution in [0.4, 0.5) is 5.82 Å². The van der Waals surface area contributed by atoms with E-state index in [9.17, 15) is 8.42 Å². The Bertz CT molecular complexity index is 870. The van der Waals surface area contributed by atoms with Crippen molar-refractivity contribution in [2.75, 3.05) is 18.0 Å². The fraction of sp³-hybridized carbons (Fsp3) is 0.444. The molecular formula is C18H22N4O2S. The van der Waals surface area contributed by atoms with Gasteiger partial charge in [-0.1, -0.05) is 29.8 Å². The quantitative estimate of drug-likeness (QED) is 0.835. The molecule has 0 amide bonds. The van der Waals surface area contributed by atoms with Crippen molar-refractivity contribution in [1.29, 1.82) is 0 Å². The first-order chi connectivity index (χ1) is 11.9. The van der Waals surface area contributed by atoms with E-state index in [2.05, 4.69) is 14.9 Å². The van der Waals surface area contributed by atoms with Crippen molar-refractivity contribution in [2.24, 2.45) is 0 Å². The Kier molecular flexibility index (Phi) is 4.00. The molecule has 2 bridgehead atoms. The topological polar surface area (TPSA) is 66.4 Å². The summed E-state index contributed by atoms with van der Waals surface area (Å²) in [5.41, 5.74) is 2.91. The first kappa shape index (κ1) is 16.5. The third-order valence-corrected chi connectivity index (χ3v) is 6.97. The molecule has 0 spiro atoms. The molecule has 4 heterocycles. The van der Waals surface area contributed by atoms with Gasteiger partial charge in [-0.15, -0.1) is 0 Å². The number of benzene rings is 1. The van der Waals surface area contributed by atoms with Gasteiger partial charge in [0.25, 0.3) is 0 Å². The van der Waals surface area contributed by atoms with Gasteiger partial charge in [-0.3, -0.25) is 0 Å². The average Bonchev–Trinajstić information content (AvgIpc) is 2.56. The molecule has 3 fully saturated rings. The minimum absolute atomic E-state index is 0.0458. The van der Waals surface area contributed by atoms with Crippen LogP contribution in [0.1, 0.15) is 23.2 Å². The molecular weight excluding hydrogens is 336 g/mol. The highest BCUT2D eigenvalue weighted by Crippen LogP contribution is 2.37. The van der Waals surface area contributed by atoms with E-state index in [4.69, 9.17) is 0 Å². The molecule has 2 unspecified atom stereocenters. The first-order valence-electron chi connectivity index (χ1n) is 8.53. The number of fused-ring (bicyclic) bond motifs is 2. The Hall–Kier alpha value is -1.99. The maximum absolute atomic E-state index is 12.9. The second-order valence-electron chi connectivity index (χ2n) is 7.04. The smallest absolute Gasteiger partial charge is 0.218 e. The lowest BCUT2D eigenvalue weighted by Gasteiger charge is -2.55. The Morgan fingerprint density at radius 1 is 1.08 bits per heavy atom. The van der Waals surface area contributed by atoms with Gasteiger partial charge < -0.3 is 4.90 Å². The molecule has 0 aliphatic carbocycles. The van der Waals surface area contributed by atoms with Crippen molar-refractivity contribution in [3.63, 3.8) is 0 Å². The monoisotopic (exact) mass is 358 g/mol. The molecule has 0 N–H and O–H groups in total. The number of aromatic nitrogens is 2.